The number of alkyl halides is 4. The highest BCUT2D eigenvalue weighted by Gasteiger charge is 2.27. The summed E-state index contributed by atoms with van der Waals surface area (Å²) in [7, 11) is 0. The summed E-state index contributed by atoms with van der Waals surface area (Å²) in [5, 5.41) is 2.36. The van der Waals surface area contributed by atoms with Gasteiger partial charge in [-0.2, -0.15) is 13.2 Å². The summed E-state index contributed by atoms with van der Waals surface area (Å²) in [6.07, 6.45) is -5.43. The van der Waals surface area contributed by atoms with Crippen LogP contribution < -0.4 is 10.1 Å². The SMILES string of the molecule is [C-]#[N+]c1ccc(OCCC(F)(F)F)c(NC(=O)CCl)c1. The summed E-state index contributed by atoms with van der Waals surface area (Å²) in [5.41, 5.74) is 0.337. The van der Waals surface area contributed by atoms with Crippen LogP contribution in [0.3, 0.4) is 0 Å². The fraction of sp³-hybridized carbons (Fsp3) is 0.333. The van der Waals surface area contributed by atoms with Crippen LogP contribution in [-0.4, -0.2) is 24.6 Å². The Balaban J connectivity index is 2.83. The van der Waals surface area contributed by atoms with E-state index in [0.29, 0.717) is 0 Å². The number of nitrogens with zero attached hydrogens (tertiary/aromatic N) is 1. The first-order valence-electron chi connectivity index (χ1n) is 5.42. The molecule has 0 bridgehead atoms. The van der Waals surface area contributed by atoms with Gasteiger partial charge in [-0.05, 0) is 12.1 Å². The summed E-state index contributed by atoms with van der Waals surface area (Å²) in [4.78, 5) is 14.4. The van der Waals surface area contributed by atoms with Gasteiger partial charge in [-0.1, -0.05) is 6.07 Å². The predicted molar refractivity (Wildman–Crippen MR) is 68.2 cm³/mol. The smallest absolute Gasteiger partial charge is 0.392 e. The van der Waals surface area contributed by atoms with Gasteiger partial charge in [-0.25, -0.2) is 4.85 Å². The van der Waals surface area contributed by atoms with Gasteiger partial charge in [0.25, 0.3) is 0 Å². The molecule has 0 fully saturated rings. The van der Waals surface area contributed by atoms with Crippen molar-refractivity contribution in [3.05, 3.63) is 29.6 Å². The predicted octanol–water partition coefficient (Wildman–Crippen LogP) is 3.75. The van der Waals surface area contributed by atoms with Crippen molar-refractivity contribution in [2.24, 2.45) is 0 Å². The lowest BCUT2D eigenvalue weighted by Gasteiger charge is -2.13. The number of carbonyl (C=O) groups is 1. The third-order valence-corrected chi connectivity index (χ3v) is 2.37. The van der Waals surface area contributed by atoms with Gasteiger partial charge in [-0.15, -0.1) is 11.6 Å². The van der Waals surface area contributed by atoms with Crippen LogP contribution in [0.2, 0.25) is 0 Å². The summed E-state index contributed by atoms with van der Waals surface area (Å²) in [6, 6.07) is 4.01. The van der Waals surface area contributed by atoms with Gasteiger partial charge in [-0.3, -0.25) is 4.79 Å². The second-order valence-corrected chi connectivity index (χ2v) is 3.95. The minimum Gasteiger partial charge on any atom is -0.491 e. The van der Waals surface area contributed by atoms with Crippen LogP contribution in [0.5, 0.6) is 5.75 Å². The van der Waals surface area contributed by atoms with Crippen LogP contribution in [0.4, 0.5) is 24.5 Å². The van der Waals surface area contributed by atoms with E-state index in [0.717, 1.165) is 0 Å². The van der Waals surface area contributed by atoms with E-state index in [9.17, 15) is 18.0 Å². The van der Waals surface area contributed by atoms with E-state index in [2.05, 4.69) is 10.2 Å². The first-order valence-corrected chi connectivity index (χ1v) is 5.96. The van der Waals surface area contributed by atoms with Gasteiger partial charge in [0, 0.05) is 0 Å². The monoisotopic (exact) mass is 306 g/mol. The molecule has 4 nitrogen and oxygen atoms in total. The Kier molecular flexibility index (Phi) is 5.65. The average Bonchev–Trinajstić information content (AvgIpc) is 2.38. The largest absolute Gasteiger partial charge is 0.491 e. The Labute approximate surface area is 118 Å². The number of halogens is 4. The van der Waals surface area contributed by atoms with Crippen molar-refractivity contribution in [2.75, 3.05) is 17.8 Å². The maximum absolute atomic E-state index is 12.0. The number of amides is 1. The van der Waals surface area contributed by atoms with Crippen molar-refractivity contribution in [1.82, 2.24) is 0 Å². The molecule has 1 aromatic carbocycles. The molecule has 1 amide bonds. The molecule has 1 N–H and O–H groups in total. The summed E-state index contributed by atoms with van der Waals surface area (Å²) in [5.74, 6) is -0.806. The topological polar surface area (TPSA) is 42.7 Å². The first-order chi connectivity index (χ1) is 9.35. The van der Waals surface area contributed by atoms with Crippen molar-refractivity contribution in [1.29, 1.82) is 0 Å². The number of rotatable bonds is 5. The van der Waals surface area contributed by atoms with Crippen LogP contribution in [0.15, 0.2) is 18.2 Å². The summed E-state index contributed by atoms with van der Waals surface area (Å²) < 4.78 is 41.1. The van der Waals surface area contributed by atoms with Gasteiger partial charge in [0.05, 0.1) is 25.3 Å². The molecule has 0 unspecified atom stereocenters. The maximum Gasteiger partial charge on any atom is 0.392 e. The van der Waals surface area contributed by atoms with Crippen molar-refractivity contribution in [3.63, 3.8) is 0 Å². The number of carbonyl (C=O) groups excluding carboxylic acids is 1. The van der Waals surface area contributed by atoms with E-state index in [1.165, 1.54) is 18.2 Å². The van der Waals surface area contributed by atoms with E-state index in [4.69, 9.17) is 22.9 Å². The maximum atomic E-state index is 12.0. The van der Waals surface area contributed by atoms with E-state index in [1.54, 1.807) is 0 Å². The number of hydrogen-bond acceptors (Lipinski definition) is 2. The van der Waals surface area contributed by atoms with Crippen LogP contribution in [0, 0.1) is 6.57 Å². The molecule has 8 heteroatoms. The molecule has 0 aliphatic rings. The lowest BCUT2D eigenvalue weighted by molar-refractivity contribution is -0.139. The molecule has 0 aliphatic carbocycles. The van der Waals surface area contributed by atoms with Crippen molar-refractivity contribution in [3.8, 4) is 5.75 Å². The Morgan fingerprint density at radius 2 is 2.15 bits per heavy atom. The number of ether oxygens (including phenoxy) is 1. The standard InChI is InChI=1S/C12H10ClF3N2O2/c1-17-8-2-3-10(20-5-4-12(14,15)16)9(6-8)18-11(19)7-13/h2-3,6H,4-5,7H2,(H,18,19). The Morgan fingerprint density at radius 3 is 2.70 bits per heavy atom. The lowest BCUT2D eigenvalue weighted by atomic mass is 10.2. The minimum absolute atomic E-state index is 0.0557. The average molecular weight is 307 g/mol. The quantitative estimate of drug-likeness (QED) is 0.665. The molecule has 0 atom stereocenters. The van der Waals surface area contributed by atoms with Crippen LogP contribution in [0.1, 0.15) is 6.42 Å². The third-order valence-electron chi connectivity index (χ3n) is 2.13. The van der Waals surface area contributed by atoms with Gasteiger partial charge in [0.1, 0.15) is 11.6 Å². The molecule has 1 rings (SSSR count). The second-order valence-electron chi connectivity index (χ2n) is 3.69. The van der Waals surface area contributed by atoms with E-state index in [1.807, 2.05) is 0 Å². The molecule has 108 valence electrons. The molecule has 1 aromatic rings. The fourth-order valence-corrected chi connectivity index (χ4v) is 1.34. The first kappa shape index (κ1) is 16.1. The molecule has 0 saturated carbocycles. The fourth-order valence-electron chi connectivity index (χ4n) is 1.27. The zero-order valence-corrected chi connectivity index (χ0v) is 10.9. The summed E-state index contributed by atoms with van der Waals surface area (Å²) >= 11 is 5.33. The Bertz CT molecular complexity index is 526. The highest BCUT2D eigenvalue weighted by Crippen LogP contribution is 2.30. The highest BCUT2D eigenvalue weighted by molar-refractivity contribution is 6.29. The summed E-state index contributed by atoms with van der Waals surface area (Å²) in [6.45, 7) is 6.28. The van der Waals surface area contributed by atoms with Crippen molar-refractivity contribution in [2.45, 2.75) is 12.6 Å². The molecule has 0 heterocycles. The zero-order valence-electron chi connectivity index (χ0n) is 10.1. The number of hydrogen-bond donors (Lipinski definition) is 1. The molecule has 0 saturated heterocycles. The number of nitrogens with one attached hydrogen (secondary N) is 1. The Hall–Kier alpha value is -1.94. The molecule has 0 aliphatic heterocycles. The molecular formula is C12H10ClF3N2O2. The highest BCUT2D eigenvalue weighted by atomic mass is 35.5. The second kappa shape index (κ2) is 7.01. The molecule has 0 radical (unpaired) electrons. The van der Waals surface area contributed by atoms with Gasteiger partial charge >= 0.3 is 6.18 Å². The molecule has 0 aromatic heterocycles. The van der Waals surface area contributed by atoms with Gasteiger partial charge < -0.3 is 10.1 Å². The van der Waals surface area contributed by atoms with E-state index < -0.39 is 25.1 Å². The lowest BCUT2D eigenvalue weighted by Crippen LogP contribution is -2.16. The zero-order chi connectivity index (χ0) is 15.2. The van der Waals surface area contributed by atoms with Crippen LogP contribution in [-0.2, 0) is 4.79 Å². The molecular weight excluding hydrogens is 297 g/mol. The van der Waals surface area contributed by atoms with Crippen molar-refractivity contribution >= 4 is 28.9 Å². The normalized spacial score (nSPS) is 10.8. The van der Waals surface area contributed by atoms with Gasteiger partial charge in [0.15, 0.2) is 5.69 Å². The molecule has 20 heavy (non-hydrogen) atoms. The van der Waals surface area contributed by atoms with Crippen LogP contribution >= 0.6 is 11.6 Å². The molecule has 0 spiro atoms. The van der Waals surface area contributed by atoms with E-state index >= 15 is 0 Å². The van der Waals surface area contributed by atoms with Gasteiger partial charge in [0.2, 0.25) is 5.91 Å². The third kappa shape index (κ3) is 5.36. The van der Waals surface area contributed by atoms with Crippen LogP contribution in [0.25, 0.3) is 4.85 Å². The van der Waals surface area contributed by atoms with Crippen molar-refractivity contribution < 1.29 is 22.7 Å². The minimum atomic E-state index is -4.32. The number of benzene rings is 1. The Morgan fingerprint density at radius 1 is 1.45 bits per heavy atom. The number of anilines is 1. The van der Waals surface area contributed by atoms with E-state index in [-0.39, 0.29) is 23.0 Å².